The minimum absolute atomic E-state index is 0.0797. The number of carbonyl (C=O) groups is 1. The molecule has 8 heteroatoms. The van der Waals surface area contributed by atoms with E-state index in [1.54, 1.807) is 23.9 Å². The average molecular weight is 301 g/mol. The molecule has 0 fully saturated rings. The zero-order valence-corrected chi connectivity index (χ0v) is 11.7. The Labute approximate surface area is 119 Å². The first-order chi connectivity index (χ1) is 9.01. The second-order valence-electron chi connectivity index (χ2n) is 3.68. The Kier molecular flexibility index (Phi) is 3.92. The van der Waals surface area contributed by atoms with Gasteiger partial charge in [0.25, 0.3) is 0 Å². The third-order valence-electron chi connectivity index (χ3n) is 2.38. The van der Waals surface area contributed by atoms with Gasteiger partial charge in [-0.3, -0.25) is 0 Å². The van der Waals surface area contributed by atoms with Crippen LogP contribution in [0.4, 0.5) is 11.5 Å². The van der Waals surface area contributed by atoms with Crippen molar-refractivity contribution in [1.29, 1.82) is 0 Å². The number of hydrogen-bond donors (Lipinski definition) is 1. The molecule has 0 amide bonds. The summed E-state index contributed by atoms with van der Waals surface area (Å²) < 4.78 is 6.29. The Morgan fingerprint density at radius 1 is 1.47 bits per heavy atom. The van der Waals surface area contributed by atoms with E-state index >= 15 is 0 Å². The Bertz CT molecular complexity index is 627. The molecular formula is C11H10Cl2N4O2. The van der Waals surface area contributed by atoms with Gasteiger partial charge in [0.15, 0.2) is 5.82 Å². The molecule has 0 aliphatic rings. The van der Waals surface area contributed by atoms with Gasteiger partial charge in [0.1, 0.15) is 10.7 Å². The van der Waals surface area contributed by atoms with E-state index in [4.69, 9.17) is 23.2 Å². The zero-order chi connectivity index (χ0) is 14.0. The van der Waals surface area contributed by atoms with E-state index in [-0.39, 0.29) is 5.28 Å². The van der Waals surface area contributed by atoms with E-state index in [9.17, 15) is 4.79 Å². The van der Waals surface area contributed by atoms with Gasteiger partial charge in [-0.05, 0) is 17.7 Å². The second-order valence-corrected chi connectivity index (χ2v) is 4.42. The summed E-state index contributed by atoms with van der Waals surface area (Å²) in [5.41, 5.74) is 1.04. The van der Waals surface area contributed by atoms with Crippen molar-refractivity contribution < 1.29 is 9.53 Å². The summed E-state index contributed by atoms with van der Waals surface area (Å²) >= 11 is 11.6. The monoisotopic (exact) mass is 300 g/mol. The van der Waals surface area contributed by atoms with Crippen LogP contribution in [0, 0.1) is 0 Å². The maximum Gasteiger partial charge on any atom is 0.354 e. The summed E-state index contributed by atoms with van der Waals surface area (Å²) in [7, 11) is 3.05. The molecule has 100 valence electrons. The van der Waals surface area contributed by atoms with Crippen molar-refractivity contribution in [2.75, 3.05) is 12.4 Å². The first kappa shape index (κ1) is 13.6. The van der Waals surface area contributed by atoms with Crippen molar-refractivity contribution >= 4 is 40.7 Å². The molecular weight excluding hydrogens is 291 g/mol. The van der Waals surface area contributed by atoms with Crippen LogP contribution in [0.2, 0.25) is 10.3 Å². The van der Waals surface area contributed by atoms with E-state index in [0.717, 1.165) is 0 Å². The van der Waals surface area contributed by atoms with Crippen molar-refractivity contribution in [3.8, 4) is 0 Å². The molecule has 0 spiro atoms. The molecule has 0 aliphatic carbocycles. The van der Waals surface area contributed by atoms with Gasteiger partial charge in [-0.15, -0.1) is 0 Å². The second kappa shape index (κ2) is 5.46. The molecule has 0 radical (unpaired) electrons. The van der Waals surface area contributed by atoms with Crippen LogP contribution >= 0.6 is 23.2 Å². The van der Waals surface area contributed by atoms with Crippen molar-refractivity contribution in [3.63, 3.8) is 0 Å². The predicted octanol–water partition coefficient (Wildman–Crippen LogP) is 2.65. The van der Waals surface area contributed by atoms with Gasteiger partial charge in [0, 0.05) is 13.2 Å². The van der Waals surface area contributed by atoms with Crippen molar-refractivity contribution in [3.05, 3.63) is 34.5 Å². The molecule has 2 aromatic rings. The van der Waals surface area contributed by atoms with Gasteiger partial charge < -0.3 is 14.6 Å². The van der Waals surface area contributed by atoms with Crippen LogP contribution in [0.25, 0.3) is 0 Å². The summed E-state index contributed by atoms with van der Waals surface area (Å²) in [4.78, 5) is 19.2. The van der Waals surface area contributed by atoms with Gasteiger partial charge in [-0.2, -0.15) is 4.98 Å². The number of esters is 1. The first-order valence-electron chi connectivity index (χ1n) is 5.21. The smallest absolute Gasteiger partial charge is 0.354 e. The molecule has 0 atom stereocenters. The van der Waals surface area contributed by atoms with Crippen LogP contribution in [0.1, 0.15) is 10.5 Å². The van der Waals surface area contributed by atoms with E-state index in [0.29, 0.717) is 22.2 Å². The summed E-state index contributed by atoms with van der Waals surface area (Å²) in [5.74, 6) is -0.0638. The number of halogens is 2. The molecule has 2 heterocycles. The van der Waals surface area contributed by atoms with E-state index in [1.165, 1.54) is 13.3 Å². The number of nitrogens with one attached hydrogen (secondary N) is 1. The lowest BCUT2D eigenvalue weighted by molar-refractivity contribution is 0.0590. The molecule has 0 aliphatic heterocycles. The lowest BCUT2D eigenvalue weighted by atomic mass is 10.4. The molecule has 2 rings (SSSR count). The fourth-order valence-electron chi connectivity index (χ4n) is 1.51. The summed E-state index contributed by atoms with van der Waals surface area (Å²) in [6.45, 7) is 0. The zero-order valence-electron chi connectivity index (χ0n) is 10.1. The molecule has 0 saturated heterocycles. The van der Waals surface area contributed by atoms with Crippen LogP contribution in [-0.2, 0) is 11.8 Å². The predicted molar refractivity (Wildman–Crippen MR) is 72.1 cm³/mol. The Morgan fingerprint density at radius 2 is 2.21 bits per heavy atom. The van der Waals surface area contributed by atoms with Gasteiger partial charge >= 0.3 is 5.97 Å². The lowest BCUT2D eigenvalue weighted by Crippen LogP contribution is -2.06. The van der Waals surface area contributed by atoms with Crippen molar-refractivity contribution in [1.82, 2.24) is 14.5 Å². The van der Waals surface area contributed by atoms with E-state index in [1.807, 2.05) is 0 Å². The third-order valence-corrected chi connectivity index (χ3v) is 2.84. The average Bonchev–Trinajstić information content (AvgIpc) is 2.74. The number of nitrogens with zero attached hydrogens (tertiary/aromatic N) is 3. The van der Waals surface area contributed by atoms with Crippen LogP contribution in [-0.4, -0.2) is 27.6 Å². The summed E-state index contributed by atoms with van der Waals surface area (Å²) in [5, 5.41) is 3.36. The molecule has 19 heavy (non-hydrogen) atoms. The van der Waals surface area contributed by atoms with Crippen molar-refractivity contribution in [2.45, 2.75) is 0 Å². The maximum absolute atomic E-state index is 11.5. The number of carbonyl (C=O) groups excluding carboxylic acids is 1. The van der Waals surface area contributed by atoms with Gasteiger partial charge in [-0.25, -0.2) is 9.78 Å². The SMILES string of the molecule is COC(=O)c1cc(Nc2nc(Cl)ncc2Cl)cn1C. The number of aromatic nitrogens is 3. The lowest BCUT2D eigenvalue weighted by Gasteiger charge is -2.04. The van der Waals surface area contributed by atoms with E-state index < -0.39 is 5.97 Å². The topological polar surface area (TPSA) is 69.0 Å². The van der Waals surface area contributed by atoms with Crippen LogP contribution in [0.5, 0.6) is 0 Å². The number of rotatable bonds is 3. The highest BCUT2D eigenvalue weighted by atomic mass is 35.5. The van der Waals surface area contributed by atoms with E-state index in [2.05, 4.69) is 20.0 Å². The van der Waals surface area contributed by atoms with Crippen molar-refractivity contribution in [2.24, 2.45) is 7.05 Å². The molecule has 6 nitrogen and oxygen atoms in total. The quantitative estimate of drug-likeness (QED) is 0.697. The third kappa shape index (κ3) is 2.97. The van der Waals surface area contributed by atoms with Crippen LogP contribution in [0.3, 0.4) is 0 Å². The largest absolute Gasteiger partial charge is 0.464 e. The minimum atomic E-state index is -0.428. The highest BCUT2D eigenvalue weighted by Crippen LogP contribution is 2.24. The molecule has 0 aromatic carbocycles. The van der Waals surface area contributed by atoms with Gasteiger partial charge in [0.2, 0.25) is 5.28 Å². The number of hydrogen-bond acceptors (Lipinski definition) is 5. The number of anilines is 2. The first-order valence-corrected chi connectivity index (χ1v) is 5.96. The number of aryl methyl sites for hydroxylation is 1. The molecule has 0 saturated carbocycles. The maximum atomic E-state index is 11.5. The minimum Gasteiger partial charge on any atom is -0.464 e. The fourth-order valence-corrected chi connectivity index (χ4v) is 1.78. The highest BCUT2D eigenvalue weighted by Gasteiger charge is 2.13. The highest BCUT2D eigenvalue weighted by molar-refractivity contribution is 6.33. The van der Waals surface area contributed by atoms with Gasteiger partial charge in [0.05, 0.1) is 19.0 Å². The Hall–Kier alpha value is -1.79. The van der Waals surface area contributed by atoms with Crippen LogP contribution in [0.15, 0.2) is 18.5 Å². The Balaban J connectivity index is 2.29. The molecule has 0 unspecified atom stereocenters. The van der Waals surface area contributed by atoms with Crippen LogP contribution < -0.4 is 5.32 Å². The van der Waals surface area contributed by atoms with Gasteiger partial charge in [-0.1, -0.05) is 11.6 Å². The molecule has 2 aromatic heterocycles. The number of methoxy groups -OCH3 is 1. The Morgan fingerprint density at radius 3 is 2.89 bits per heavy atom. The standard InChI is InChI=1S/C11H10Cl2N4O2/c1-17-5-6(3-8(17)10(18)19-2)15-9-7(12)4-14-11(13)16-9/h3-5H,1-2H3,(H,14,15,16). The number of ether oxygens (including phenoxy) is 1. The summed E-state index contributed by atoms with van der Waals surface area (Å²) in [6.07, 6.45) is 3.10. The normalized spacial score (nSPS) is 10.3. The summed E-state index contributed by atoms with van der Waals surface area (Å²) in [6, 6.07) is 1.62. The molecule has 0 bridgehead atoms. The molecule has 1 N–H and O–H groups in total. The fraction of sp³-hybridized carbons (Fsp3) is 0.182.